The first-order valence-corrected chi connectivity index (χ1v) is 12.7. The van der Waals surface area contributed by atoms with Crippen LogP contribution in [0.5, 0.6) is 0 Å². The second-order valence-electron chi connectivity index (χ2n) is 9.72. The molecule has 1 aliphatic carbocycles. The zero-order chi connectivity index (χ0) is 24.0. The highest BCUT2D eigenvalue weighted by Crippen LogP contribution is 2.30. The topological polar surface area (TPSA) is 96.5 Å². The van der Waals surface area contributed by atoms with Crippen LogP contribution in [0, 0.1) is 11.8 Å². The van der Waals surface area contributed by atoms with Crippen molar-refractivity contribution in [2.24, 2.45) is 11.8 Å². The standard InChI is InChI=1S/C25H35N3O4S/c1-17(29)28-22-9-5-8-21-20(22)7-6-10-23(21)33(31)27-16-19-13-11-18(12-14-19)15-26-24(30)32-25(2,3)4/h5-10,18-19,27H,11-16H2,1-4H3,(H,26,30)(H,28,29). The van der Waals surface area contributed by atoms with Gasteiger partial charge in [-0.2, -0.15) is 0 Å². The average molecular weight is 474 g/mol. The van der Waals surface area contributed by atoms with Crippen molar-refractivity contribution in [2.45, 2.75) is 63.9 Å². The van der Waals surface area contributed by atoms with Crippen molar-refractivity contribution >= 4 is 39.4 Å². The molecule has 8 heteroatoms. The molecule has 0 aliphatic heterocycles. The third-order valence-electron chi connectivity index (χ3n) is 5.80. The Labute approximate surface area is 198 Å². The molecule has 1 aliphatic rings. The molecule has 0 heterocycles. The van der Waals surface area contributed by atoms with Crippen LogP contribution in [-0.4, -0.2) is 34.9 Å². The second-order valence-corrected chi connectivity index (χ2v) is 11.0. The van der Waals surface area contributed by atoms with Gasteiger partial charge >= 0.3 is 6.09 Å². The lowest BCUT2D eigenvalue weighted by Gasteiger charge is -2.29. The van der Waals surface area contributed by atoms with E-state index in [2.05, 4.69) is 15.4 Å². The SMILES string of the molecule is CC(=O)Nc1cccc2c(S(=O)NCC3CCC(CNC(=O)OC(C)(C)C)CC3)cccc12. The van der Waals surface area contributed by atoms with Crippen molar-refractivity contribution in [3.05, 3.63) is 36.4 Å². The van der Waals surface area contributed by atoms with Crippen LogP contribution in [-0.2, 0) is 20.5 Å². The lowest BCUT2D eigenvalue weighted by molar-refractivity contribution is -0.114. The third-order valence-corrected chi connectivity index (χ3v) is 6.98. The molecule has 1 fully saturated rings. The summed E-state index contributed by atoms with van der Waals surface area (Å²) < 4.78 is 21.5. The van der Waals surface area contributed by atoms with Gasteiger partial charge in [0.2, 0.25) is 5.91 Å². The smallest absolute Gasteiger partial charge is 0.407 e. The fourth-order valence-electron chi connectivity index (χ4n) is 4.19. The number of carbonyl (C=O) groups is 2. The molecule has 0 saturated heterocycles. The van der Waals surface area contributed by atoms with Crippen molar-refractivity contribution in [1.82, 2.24) is 10.0 Å². The van der Waals surface area contributed by atoms with E-state index in [1.54, 1.807) is 0 Å². The number of amides is 2. The second kappa shape index (κ2) is 11.1. The van der Waals surface area contributed by atoms with Crippen molar-refractivity contribution in [3.8, 4) is 0 Å². The Balaban J connectivity index is 1.50. The number of hydrogen-bond acceptors (Lipinski definition) is 4. The summed E-state index contributed by atoms with van der Waals surface area (Å²) in [6.07, 6.45) is 3.77. The fraction of sp³-hybridized carbons (Fsp3) is 0.520. The molecular weight excluding hydrogens is 438 g/mol. The summed E-state index contributed by atoms with van der Waals surface area (Å²) in [6.45, 7) is 8.36. The van der Waals surface area contributed by atoms with Crippen molar-refractivity contribution in [1.29, 1.82) is 0 Å². The molecule has 0 aromatic heterocycles. The minimum atomic E-state index is -1.35. The number of carbonyl (C=O) groups excluding carboxylic acids is 2. The van der Waals surface area contributed by atoms with E-state index < -0.39 is 16.6 Å². The quantitative estimate of drug-likeness (QED) is 0.541. The van der Waals surface area contributed by atoms with Crippen LogP contribution in [0.2, 0.25) is 0 Å². The maximum atomic E-state index is 13.0. The molecule has 1 atom stereocenters. The largest absolute Gasteiger partial charge is 0.444 e. The number of nitrogens with one attached hydrogen (secondary N) is 3. The molecule has 2 amide bonds. The molecule has 180 valence electrons. The van der Waals surface area contributed by atoms with E-state index in [0.717, 1.165) is 47.0 Å². The van der Waals surface area contributed by atoms with Gasteiger partial charge in [0.05, 0.1) is 4.90 Å². The highest BCUT2D eigenvalue weighted by molar-refractivity contribution is 7.83. The minimum Gasteiger partial charge on any atom is -0.444 e. The average Bonchev–Trinajstić information content (AvgIpc) is 2.75. The Morgan fingerprint density at radius 3 is 2.21 bits per heavy atom. The maximum absolute atomic E-state index is 13.0. The fourth-order valence-corrected chi connectivity index (χ4v) is 5.32. The predicted octanol–water partition coefficient (Wildman–Crippen LogP) is 4.74. The van der Waals surface area contributed by atoms with Crippen LogP contribution >= 0.6 is 0 Å². The van der Waals surface area contributed by atoms with E-state index in [9.17, 15) is 13.8 Å². The Bertz CT molecular complexity index is 1010. The molecular formula is C25H35N3O4S. The number of anilines is 1. The first kappa shape index (κ1) is 25.2. The number of hydrogen-bond donors (Lipinski definition) is 3. The Morgan fingerprint density at radius 1 is 0.970 bits per heavy atom. The summed E-state index contributed by atoms with van der Waals surface area (Å²) in [6, 6.07) is 11.3. The van der Waals surface area contributed by atoms with Gasteiger partial charge in [-0.1, -0.05) is 24.3 Å². The molecule has 3 N–H and O–H groups in total. The van der Waals surface area contributed by atoms with Crippen LogP contribution in [0.3, 0.4) is 0 Å². The molecule has 0 spiro atoms. The molecule has 1 saturated carbocycles. The van der Waals surface area contributed by atoms with E-state index in [1.807, 2.05) is 57.2 Å². The first-order valence-electron chi connectivity index (χ1n) is 11.5. The molecule has 33 heavy (non-hydrogen) atoms. The normalized spacial score (nSPS) is 19.6. The molecule has 2 aromatic carbocycles. The Morgan fingerprint density at radius 2 is 1.58 bits per heavy atom. The van der Waals surface area contributed by atoms with E-state index in [1.165, 1.54) is 6.92 Å². The molecule has 7 nitrogen and oxygen atoms in total. The van der Waals surface area contributed by atoms with Crippen LogP contribution in [0.1, 0.15) is 53.4 Å². The van der Waals surface area contributed by atoms with Gasteiger partial charge in [0.15, 0.2) is 0 Å². The first-order chi connectivity index (χ1) is 15.6. The van der Waals surface area contributed by atoms with Crippen LogP contribution in [0.25, 0.3) is 10.8 Å². The summed E-state index contributed by atoms with van der Waals surface area (Å²) in [5.74, 6) is 0.769. The maximum Gasteiger partial charge on any atom is 0.407 e. The van der Waals surface area contributed by atoms with Gasteiger partial charge in [-0.3, -0.25) is 4.79 Å². The highest BCUT2D eigenvalue weighted by Gasteiger charge is 2.23. The summed E-state index contributed by atoms with van der Waals surface area (Å²) in [5.41, 5.74) is 0.232. The summed E-state index contributed by atoms with van der Waals surface area (Å²) in [4.78, 5) is 24.1. The van der Waals surface area contributed by atoms with Gasteiger partial charge < -0.3 is 15.4 Å². The third kappa shape index (κ3) is 7.54. The molecule has 3 rings (SSSR count). The highest BCUT2D eigenvalue weighted by atomic mass is 32.2. The van der Waals surface area contributed by atoms with Gasteiger partial charge in [0.25, 0.3) is 0 Å². The van der Waals surface area contributed by atoms with E-state index in [4.69, 9.17) is 4.74 Å². The van der Waals surface area contributed by atoms with Gasteiger partial charge in [0.1, 0.15) is 16.6 Å². The minimum absolute atomic E-state index is 0.135. The van der Waals surface area contributed by atoms with Gasteiger partial charge in [-0.05, 0) is 70.4 Å². The Hall–Kier alpha value is -2.45. The lowest BCUT2D eigenvalue weighted by Crippen LogP contribution is -2.36. The number of alkyl carbamates (subject to hydrolysis) is 1. The lowest BCUT2D eigenvalue weighted by atomic mass is 9.82. The number of rotatable bonds is 7. The van der Waals surface area contributed by atoms with E-state index in [0.29, 0.717) is 24.9 Å². The van der Waals surface area contributed by atoms with Crippen LogP contribution < -0.4 is 15.4 Å². The predicted molar refractivity (Wildman–Crippen MR) is 132 cm³/mol. The number of fused-ring (bicyclic) bond motifs is 1. The molecule has 0 radical (unpaired) electrons. The molecule has 0 bridgehead atoms. The van der Waals surface area contributed by atoms with E-state index in [-0.39, 0.29) is 12.0 Å². The van der Waals surface area contributed by atoms with Crippen molar-refractivity contribution < 1.29 is 18.5 Å². The molecule has 1 unspecified atom stereocenters. The molecule has 2 aromatic rings. The van der Waals surface area contributed by atoms with Crippen LogP contribution in [0.4, 0.5) is 10.5 Å². The van der Waals surface area contributed by atoms with Crippen molar-refractivity contribution in [3.63, 3.8) is 0 Å². The summed E-state index contributed by atoms with van der Waals surface area (Å²) in [7, 11) is -1.35. The van der Waals surface area contributed by atoms with Crippen molar-refractivity contribution in [2.75, 3.05) is 18.4 Å². The number of benzene rings is 2. The Kier molecular flexibility index (Phi) is 8.48. The summed E-state index contributed by atoms with van der Waals surface area (Å²) in [5, 5.41) is 7.46. The van der Waals surface area contributed by atoms with E-state index >= 15 is 0 Å². The van der Waals surface area contributed by atoms with Gasteiger partial charge in [-0.15, -0.1) is 0 Å². The van der Waals surface area contributed by atoms with Crippen LogP contribution in [0.15, 0.2) is 41.3 Å². The zero-order valence-corrected chi connectivity index (χ0v) is 20.7. The van der Waals surface area contributed by atoms with Gasteiger partial charge in [-0.25, -0.2) is 13.7 Å². The summed E-state index contributed by atoms with van der Waals surface area (Å²) >= 11 is 0. The van der Waals surface area contributed by atoms with Gasteiger partial charge in [0, 0.05) is 36.5 Å². The number of ether oxygens (including phenoxy) is 1. The zero-order valence-electron chi connectivity index (χ0n) is 19.9. The monoisotopic (exact) mass is 473 g/mol.